The molecule has 0 saturated heterocycles. The molecule has 8 heteroatoms. The summed E-state index contributed by atoms with van der Waals surface area (Å²) in [6.07, 6.45) is 0. The highest BCUT2D eigenvalue weighted by Gasteiger charge is 2.10. The largest absolute Gasteiger partial charge is 0.508 e. The van der Waals surface area contributed by atoms with Crippen LogP contribution in [-0.4, -0.2) is 20.2 Å². The molecular formula is C9H6N2O3S3. The van der Waals surface area contributed by atoms with Gasteiger partial charge in [0.1, 0.15) is 16.5 Å². The molecule has 88 valence electrons. The van der Waals surface area contributed by atoms with Crippen LogP contribution >= 0.6 is 32.9 Å². The standard InChI is InChI=1S/C9H6N2O3S3/c12-4-1-2-5(6(13)3-4)7(15)10-8-11-9(14)17-16-8/h1-3,12-13H,(H,10,11,14,15). The third kappa shape index (κ3) is 2.78. The molecule has 0 spiro atoms. The predicted octanol–water partition coefficient (Wildman–Crippen LogP) is 1.76. The Balaban J connectivity index is 2.23. The number of benzene rings is 1. The summed E-state index contributed by atoms with van der Waals surface area (Å²) < 4.78 is 0. The maximum absolute atomic E-state index is 10.9. The minimum Gasteiger partial charge on any atom is -0.508 e. The zero-order chi connectivity index (χ0) is 12.4. The summed E-state index contributed by atoms with van der Waals surface area (Å²) in [5.74, 6) is -0.183. The van der Waals surface area contributed by atoms with Gasteiger partial charge in [0.15, 0.2) is 0 Å². The van der Waals surface area contributed by atoms with Gasteiger partial charge < -0.3 is 15.5 Å². The van der Waals surface area contributed by atoms with E-state index in [9.17, 15) is 9.90 Å². The van der Waals surface area contributed by atoms with Crippen molar-refractivity contribution < 1.29 is 10.2 Å². The maximum Gasteiger partial charge on any atom is 0.338 e. The highest BCUT2D eigenvalue weighted by Crippen LogP contribution is 2.24. The van der Waals surface area contributed by atoms with Crippen molar-refractivity contribution in [1.82, 2.24) is 4.98 Å². The molecule has 1 aromatic carbocycles. The summed E-state index contributed by atoms with van der Waals surface area (Å²) in [4.78, 5) is 14.5. The van der Waals surface area contributed by atoms with E-state index in [2.05, 4.69) is 10.3 Å². The molecule has 0 aliphatic rings. The van der Waals surface area contributed by atoms with Crippen LogP contribution in [0.1, 0.15) is 5.56 Å². The van der Waals surface area contributed by atoms with Crippen LogP contribution in [0.5, 0.6) is 11.5 Å². The molecule has 17 heavy (non-hydrogen) atoms. The third-order valence-electron chi connectivity index (χ3n) is 1.83. The van der Waals surface area contributed by atoms with Gasteiger partial charge in [-0.1, -0.05) is 12.2 Å². The molecule has 0 aliphatic carbocycles. The molecule has 2 aromatic rings. The molecule has 0 bridgehead atoms. The number of hydrogen-bond acceptors (Lipinski definition) is 7. The van der Waals surface area contributed by atoms with Gasteiger partial charge in [-0.15, -0.1) is 0 Å². The van der Waals surface area contributed by atoms with Gasteiger partial charge in [0.2, 0.25) is 5.13 Å². The lowest BCUT2D eigenvalue weighted by Gasteiger charge is -2.06. The number of hydrogen-bond donors (Lipinski definition) is 3. The van der Waals surface area contributed by atoms with Gasteiger partial charge >= 0.3 is 4.87 Å². The first-order valence-electron chi connectivity index (χ1n) is 4.37. The van der Waals surface area contributed by atoms with Crippen molar-refractivity contribution in [3.8, 4) is 11.5 Å². The second kappa shape index (κ2) is 4.78. The van der Waals surface area contributed by atoms with Gasteiger partial charge in [-0.3, -0.25) is 4.79 Å². The van der Waals surface area contributed by atoms with E-state index in [1.54, 1.807) is 0 Å². The van der Waals surface area contributed by atoms with Gasteiger partial charge in [0, 0.05) is 6.07 Å². The molecule has 2 rings (SSSR count). The smallest absolute Gasteiger partial charge is 0.338 e. The van der Waals surface area contributed by atoms with E-state index in [1.807, 2.05) is 0 Å². The normalized spacial score (nSPS) is 10.1. The minimum atomic E-state index is -0.296. The molecule has 0 fully saturated rings. The van der Waals surface area contributed by atoms with Crippen molar-refractivity contribution in [1.29, 1.82) is 0 Å². The molecular weight excluding hydrogens is 280 g/mol. The number of phenolic OH excluding ortho intramolecular Hbond substituents is 2. The van der Waals surface area contributed by atoms with Crippen LogP contribution in [0.4, 0.5) is 5.13 Å². The predicted molar refractivity (Wildman–Crippen MR) is 71.4 cm³/mol. The molecule has 0 amide bonds. The molecule has 0 atom stereocenters. The zero-order valence-corrected chi connectivity index (χ0v) is 10.7. The first kappa shape index (κ1) is 12.0. The number of nitrogens with zero attached hydrogens (tertiary/aromatic N) is 1. The molecule has 1 heterocycles. The Labute approximate surface area is 108 Å². The van der Waals surface area contributed by atoms with Crippen LogP contribution in [0, 0.1) is 0 Å². The fourth-order valence-corrected chi connectivity index (χ4v) is 2.85. The Hall–Kier alpha value is -1.51. The van der Waals surface area contributed by atoms with E-state index in [0.717, 1.165) is 10.3 Å². The molecule has 5 nitrogen and oxygen atoms in total. The van der Waals surface area contributed by atoms with Crippen molar-refractivity contribution >= 4 is 43.0 Å². The Morgan fingerprint density at radius 2 is 2.12 bits per heavy atom. The number of nitrogens with one attached hydrogen (secondary N) is 1. The van der Waals surface area contributed by atoms with Crippen molar-refractivity contribution in [2.75, 3.05) is 5.32 Å². The maximum atomic E-state index is 10.9. The van der Waals surface area contributed by atoms with E-state index in [1.165, 1.54) is 28.5 Å². The third-order valence-corrected chi connectivity index (χ3v) is 3.97. The van der Waals surface area contributed by atoms with Crippen LogP contribution in [0.25, 0.3) is 0 Å². The number of rotatable bonds is 2. The van der Waals surface area contributed by atoms with Crippen LogP contribution < -0.4 is 10.2 Å². The molecule has 1 aromatic heterocycles. The average molecular weight is 286 g/mol. The Bertz CT molecular complexity index is 620. The zero-order valence-electron chi connectivity index (χ0n) is 8.21. The fourth-order valence-electron chi connectivity index (χ4n) is 1.12. The van der Waals surface area contributed by atoms with Gasteiger partial charge in [-0.2, -0.15) is 4.98 Å². The van der Waals surface area contributed by atoms with Gasteiger partial charge in [0.25, 0.3) is 0 Å². The van der Waals surface area contributed by atoms with Crippen LogP contribution in [0.15, 0.2) is 23.0 Å². The second-order valence-electron chi connectivity index (χ2n) is 3.01. The van der Waals surface area contributed by atoms with Crippen LogP contribution in [-0.2, 0) is 0 Å². The van der Waals surface area contributed by atoms with Gasteiger partial charge in [-0.25, -0.2) is 0 Å². The number of aromatic nitrogens is 1. The Morgan fingerprint density at radius 1 is 1.35 bits per heavy atom. The fraction of sp³-hybridized carbons (Fsp3) is 0. The van der Waals surface area contributed by atoms with Gasteiger partial charge in [-0.05, 0) is 32.8 Å². The summed E-state index contributed by atoms with van der Waals surface area (Å²) in [5, 5.41) is 21.9. The molecule has 3 N–H and O–H groups in total. The minimum absolute atomic E-state index is 0.0487. The summed E-state index contributed by atoms with van der Waals surface area (Å²) >= 11 is 5.06. The first-order valence-corrected chi connectivity index (χ1v) is 6.92. The van der Waals surface area contributed by atoms with E-state index >= 15 is 0 Å². The molecule has 0 unspecified atom stereocenters. The summed E-state index contributed by atoms with van der Waals surface area (Å²) in [6, 6.07) is 4.08. The van der Waals surface area contributed by atoms with E-state index in [0.29, 0.717) is 10.7 Å². The number of phenols is 2. The lowest BCUT2D eigenvalue weighted by Crippen LogP contribution is -2.11. The Morgan fingerprint density at radius 3 is 2.71 bits per heavy atom. The highest BCUT2D eigenvalue weighted by molar-refractivity contribution is 7.81. The lowest BCUT2D eigenvalue weighted by molar-refractivity contribution is 0.450. The van der Waals surface area contributed by atoms with E-state index < -0.39 is 0 Å². The highest BCUT2D eigenvalue weighted by atomic mass is 32.9. The van der Waals surface area contributed by atoms with Crippen molar-refractivity contribution in [2.45, 2.75) is 0 Å². The van der Waals surface area contributed by atoms with Gasteiger partial charge in [0.05, 0.1) is 5.56 Å². The molecule has 0 radical (unpaired) electrons. The topological polar surface area (TPSA) is 82.5 Å². The lowest BCUT2D eigenvalue weighted by atomic mass is 10.2. The molecule has 0 aliphatic heterocycles. The van der Waals surface area contributed by atoms with E-state index in [-0.39, 0.29) is 21.4 Å². The Kier molecular flexibility index (Phi) is 3.36. The number of aromatic hydroxyl groups is 2. The van der Waals surface area contributed by atoms with Crippen molar-refractivity contribution in [2.24, 2.45) is 0 Å². The average Bonchev–Trinajstić information content (AvgIpc) is 2.63. The van der Waals surface area contributed by atoms with Crippen molar-refractivity contribution in [3.05, 3.63) is 33.4 Å². The number of anilines is 1. The van der Waals surface area contributed by atoms with Crippen molar-refractivity contribution in [3.63, 3.8) is 0 Å². The number of thiocarbonyl (C=S) groups is 1. The summed E-state index contributed by atoms with van der Waals surface area (Å²) in [5.41, 5.74) is 0.366. The van der Waals surface area contributed by atoms with Crippen LogP contribution in [0.3, 0.4) is 0 Å². The second-order valence-corrected chi connectivity index (χ2v) is 5.48. The SMILES string of the molecule is O=c1nc(NC(=S)c2ccc(O)cc2O)ss1. The van der Waals surface area contributed by atoms with Crippen LogP contribution in [0.2, 0.25) is 0 Å². The monoisotopic (exact) mass is 286 g/mol. The van der Waals surface area contributed by atoms with E-state index in [4.69, 9.17) is 17.3 Å². The summed E-state index contributed by atoms with van der Waals surface area (Å²) in [6.45, 7) is 0. The molecule has 0 saturated carbocycles. The quantitative estimate of drug-likeness (QED) is 0.576. The summed E-state index contributed by atoms with van der Waals surface area (Å²) in [7, 11) is 2.17. The first-order chi connectivity index (χ1) is 8.06.